The zero-order valence-electron chi connectivity index (χ0n) is 40.2. The Labute approximate surface area is 377 Å². The van der Waals surface area contributed by atoms with Crippen molar-refractivity contribution in [2.24, 2.45) is 0 Å². The van der Waals surface area contributed by atoms with Crippen LogP contribution in [0.5, 0.6) is 0 Å². The van der Waals surface area contributed by atoms with Gasteiger partial charge in [0.1, 0.15) is 13.2 Å². The van der Waals surface area contributed by atoms with E-state index in [1.165, 1.54) is 141 Å². The lowest BCUT2D eigenvalue weighted by Gasteiger charge is -2.18. The van der Waals surface area contributed by atoms with E-state index in [0.29, 0.717) is 19.3 Å². The summed E-state index contributed by atoms with van der Waals surface area (Å²) in [5, 5.41) is 0. The summed E-state index contributed by atoms with van der Waals surface area (Å²) in [6.07, 6.45) is 60.7. The van der Waals surface area contributed by atoms with Crippen LogP contribution in [-0.2, 0) is 28.6 Å². The Bertz CT molecular complexity index is 1120. The zero-order chi connectivity index (χ0) is 44.4. The third kappa shape index (κ3) is 48.0. The SMILES string of the molecule is CC/C=C\C/C=C\C/C=C\CCCC(=O)OCC(COC(=O)CCCCCCCCC/C=C\CCCCCCCC)OC(=O)CCCCCCCCC/C=C\CCCCCC. The molecule has 0 aliphatic heterocycles. The van der Waals surface area contributed by atoms with E-state index in [0.717, 1.165) is 64.2 Å². The summed E-state index contributed by atoms with van der Waals surface area (Å²) in [7, 11) is 0. The van der Waals surface area contributed by atoms with Crippen LogP contribution in [0.1, 0.15) is 252 Å². The maximum atomic E-state index is 12.8. The number of ether oxygens (including phenoxy) is 3. The number of hydrogen-bond donors (Lipinski definition) is 0. The molecule has 0 amide bonds. The van der Waals surface area contributed by atoms with Crippen LogP contribution in [-0.4, -0.2) is 37.2 Å². The van der Waals surface area contributed by atoms with Gasteiger partial charge in [0, 0.05) is 19.3 Å². The normalized spacial score (nSPS) is 12.5. The summed E-state index contributed by atoms with van der Waals surface area (Å²) in [4.78, 5) is 37.9. The molecule has 0 N–H and O–H groups in total. The van der Waals surface area contributed by atoms with E-state index in [1.807, 2.05) is 0 Å². The Hall–Kier alpha value is -2.89. The average molecular weight is 853 g/mol. The average Bonchev–Trinajstić information content (AvgIpc) is 3.26. The quantitative estimate of drug-likeness (QED) is 0.0263. The number of esters is 3. The van der Waals surface area contributed by atoms with Gasteiger partial charge in [-0.25, -0.2) is 0 Å². The summed E-state index contributed by atoms with van der Waals surface area (Å²) >= 11 is 0. The molecule has 0 fully saturated rings. The first-order valence-electron chi connectivity index (χ1n) is 25.8. The molecule has 0 aliphatic carbocycles. The van der Waals surface area contributed by atoms with Crippen LogP contribution in [0.15, 0.2) is 60.8 Å². The number of hydrogen-bond acceptors (Lipinski definition) is 6. The van der Waals surface area contributed by atoms with Crippen LogP contribution in [0.2, 0.25) is 0 Å². The van der Waals surface area contributed by atoms with E-state index in [4.69, 9.17) is 14.2 Å². The van der Waals surface area contributed by atoms with Gasteiger partial charge in [-0.3, -0.25) is 14.4 Å². The molecule has 0 bridgehead atoms. The van der Waals surface area contributed by atoms with Gasteiger partial charge in [0.25, 0.3) is 0 Å². The Morgan fingerprint density at radius 3 is 1.10 bits per heavy atom. The van der Waals surface area contributed by atoms with E-state index in [1.54, 1.807) is 0 Å². The fourth-order valence-corrected chi connectivity index (χ4v) is 7.10. The van der Waals surface area contributed by atoms with Crippen molar-refractivity contribution in [3.05, 3.63) is 60.8 Å². The first-order chi connectivity index (χ1) is 30.0. The second-order valence-corrected chi connectivity index (χ2v) is 17.0. The molecule has 6 heteroatoms. The second kappa shape index (κ2) is 49.8. The largest absolute Gasteiger partial charge is 0.462 e. The van der Waals surface area contributed by atoms with Crippen molar-refractivity contribution in [1.29, 1.82) is 0 Å². The molecule has 0 radical (unpaired) electrons. The predicted molar refractivity (Wildman–Crippen MR) is 261 cm³/mol. The number of rotatable bonds is 46. The second-order valence-electron chi connectivity index (χ2n) is 17.0. The van der Waals surface area contributed by atoms with Crippen LogP contribution >= 0.6 is 0 Å². The Kier molecular flexibility index (Phi) is 47.4. The monoisotopic (exact) mass is 853 g/mol. The number of allylic oxidation sites excluding steroid dienone is 10. The summed E-state index contributed by atoms with van der Waals surface area (Å²) in [6.45, 7) is 6.45. The van der Waals surface area contributed by atoms with Gasteiger partial charge in [0.05, 0.1) is 0 Å². The minimum absolute atomic E-state index is 0.0935. The van der Waals surface area contributed by atoms with Crippen molar-refractivity contribution in [1.82, 2.24) is 0 Å². The summed E-state index contributed by atoms with van der Waals surface area (Å²) in [5.41, 5.74) is 0. The van der Waals surface area contributed by atoms with Crippen molar-refractivity contribution in [2.75, 3.05) is 13.2 Å². The molecule has 1 unspecified atom stereocenters. The van der Waals surface area contributed by atoms with Crippen molar-refractivity contribution in [3.8, 4) is 0 Å². The van der Waals surface area contributed by atoms with Crippen molar-refractivity contribution < 1.29 is 28.6 Å². The summed E-state index contributed by atoms with van der Waals surface area (Å²) in [6, 6.07) is 0. The van der Waals surface area contributed by atoms with Gasteiger partial charge in [0.2, 0.25) is 0 Å². The summed E-state index contributed by atoms with van der Waals surface area (Å²) < 4.78 is 16.7. The van der Waals surface area contributed by atoms with Gasteiger partial charge in [-0.2, -0.15) is 0 Å². The Morgan fingerprint density at radius 2 is 0.656 bits per heavy atom. The first-order valence-corrected chi connectivity index (χ1v) is 25.8. The van der Waals surface area contributed by atoms with Gasteiger partial charge in [-0.05, 0) is 96.3 Å². The number of unbranched alkanes of at least 4 members (excludes halogenated alkanes) is 25. The smallest absolute Gasteiger partial charge is 0.306 e. The van der Waals surface area contributed by atoms with Crippen molar-refractivity contribution >= 4 is 17.9 Å². The molecule has 0 heterocycles. The molecule has 0 aromatic heterocycles. The number of carbonyl (C=O) groups excluding carboxylic acids is 3. The highest BCUT2D eigenvalue weighted by Crippen LogP contribution is 2.14. The molecule has 6 nitrogen and oxygen atoms in total. The van der Waals surface area contributed by atoms with Gasteiger partial charge in [-0.15, -0.1) is 0 Å². The molecule has 352 valence electrons. The van der Waals surface area contributed by atoms with Crippen LogP contribution in [0.3, 0.4) is 0 Å². The van der Waals surface area contributed by atoms with E-state index < -0.39 is 6.10 Å². The standard InChI is InChI=1S/C55H96O6/c1-4-7-10-13-16-19-22-24-26-27-29-30-33-36-39-42-45-48-54(57)60-51-52(50-59-53(56)47-44-41-38-35-32-21-18-15-12-9-6-3)61-55(58)49-46-43-40-37-34-31-28-25-23-20-17-14-11-8-5-2/h9,12,18,20-21,23-24,26,35,38,52H,4-8,10-11,13-17,19,22,25,27-34,36-37,39-51H2,1-3H3/b12-9-,21-18-,23-20-,26-24-,38-35-. The molecule has 0 aromatic carbocycles. The molecule has 0 saturated heterocycles. The molecule has 61 heavy (non-hydrogen) atoms. The zero-order valence-corrected chi connectivity index (χ0v) is 40.2. The fraction of sp³-hybridized carbons (Fsp3) is 0.764. The van der Waals surface area contributed by atoms with Crippen molar-refractivity contribution in [3.63, 3.8) is 0 Å². The third-order valence-corrected chi connectivity index (χ3v) is 11.0. The lowest BCUT2D eigenvalue weighted by molar-refractivity contribution is -0.167. The van der Waals surface area contributed by atoms with Gasteiger partial charge >= 0.3 is 17.9 Å². The summed E-state index contributed by atoms with van der Waals surface area (Å²) in [5.74, 6) is -0.956. The molecular weight excluding hydrogens is 757 g/mol. The third-order valence-electron chi connectivity index (χ3n) is 11.0. The molecule has 0 spiro atoms. The molecular formula is C55H96O6. The maximum Gasteiger partial charge on any atom is 0.306 e. The topological polar surface area (TPSA) is 78.9 Å². The highest BCUT2D eigenvalue weighted by atomic mass is 16.6. The highest BCUT2D eigenvalue weighted by molar-refractivity contribution is 5.71. The number of carbonyl (C=O) groups is 3. The minimum atomic E-state index is -0.796. The van der Waals surface area contributed by atoms with Crippen LogP contribution in [0, 0.1) is 0 Å². The van der Waals surface area contributed by atoms with Crippen LogP contribution < -0.4 is 0 Å². The molecule has 0 aromatic rings. The van der Waals surface area contributed by atoms with Crippen LogP contribution in [0.25, 0.3) is 0 Å². The lowest BCUT2D eigenvalue weighted by atomic mass is 10.1. The van der Waals surface area contributed by atoms with Crippen LogP contribution in [0.4, 0.5) is 0 Å². The maximum absolute atomic E-state index is 12.8. The molecule has 1 atom stereocenters. The Balaban J connectivity index is 4.40. The van der Waals surface area contributed by atoms with E-state index in [9.17, 15) is 14.4 Å². The Morgan fingerprint density at radius 1 is 0.344 bits per heavy atom. The molecule has 0 rings (SSSR count). The van der Waals surface area contributed by atoms with E-state index in [2.05, 4.69) is 81.5 Å². The first kappa shape index (κ1) is 58.1. The van der Waals surface area contributed by atoms with Gasteiger partial charge in [-0.1, -0.05) is 197 Å². The fourth-order valence-electron chi connectivity index (χ4n) is 7.10. The molecule has 0 saturated carbocycles. The molecule has 0 aliphatic rings. The highest BCUT2D eigenvalue weighted by Gasteiger charge is 2.19. The predicted octanol–water partition coefficient (Wildman–Crippen LogP) is 16.9. The minimum Gasteiger partial charge on any atom is -0.462 e. The van der Waals surface area contributed by atoms with E-state index >= 15 is 0 Å². The van der Waals surface area contributed by atoms with Crippen molar-refractivity contribution in [2.45, 2.75) is 258 Å². The van der Waals surface area contributed by atoms with E-state index in [-0.39, 0.29) is 37.5 Å². The van der Waals surface area contributed by atoms with Gasteiger partial charge < -0.3 is 14.2 Å². The lowest BCUT2D eigenvalue weighted by Crippen LogP contribution is -2.30. The van der Waals surface area contributed by atoms with Gasteiger partial charge in [0.15, 0.2) is 6.10 Å².